The van der Waals surface area contributed by atoms with Crippen molar-refractivity contribution in [1.82, 2.24) is 5.32 Å². The van der Waals surface area contributed by atoms with Crippen LogP contribution in [0.15, 0.2) is 24.3 Å². The Hall–Kier alpha value is -1.55. The molecule has 0 aliphatic carbocycles. The van der Waals surface area contributed by atoms with Crippen molar-refractivity contribution in [3.63, 3.8) is 0 Å². The predicted molar refractivity (Wildman–Crippen MR) is 83.1 cm³/mol. The molecule has 0 fully saturated rings. The lowest BCUT2D eigenvalue weighted by molar-refractivity contribution is -0.145. The summed E-state index contributed by atoms with van der Waals surface area (Å²) in [5.74, 6) is -0.194. The highest BCUT2D eigenvalue weighted by Crippen LogP contribution is 2.14. The van der Waals surface area contributed by atoms with E-state index in [1.165, 1.54) is 5.56 Å². The maximum absolute atomic E-state index is 12.0. The molecule has 4 heteroatoms. The number of carbonyl (C=O) groups excluding carboxylic acids is 1. The van der Waals surface area contributed by atoms with Gasteiger partial charge in [0.05, 0.1) is 6.61 Å². The fraction of sp³-hybridized carbons (Fsp3) is 0.562. The number of esters is 1. The van der Waals surface area contributed by atoms with E-state index in [2.05, 4.69) is 41.4 Å². The Balaban J connectivity index is 2.72. The molecule has 0 aromatic heterocycles. The maximum atomic E-state index is 12.0. The average Bonchev–Trinajstić information content (AvgIpc) is 2.38. The first kappa shape index (κ1) is 16.5. The van der Waals surface area contributed by atoms with Crippen molar-refractivity contribution in [1.29, 1.82) is 0 Å². The van der Waals surface area contributed by atoms with E-state index in [1.807, 2.05) is 27.8 Å². The molecule has 4 nitrogen and oxygen atoms in total. The highest BCUT2D eigenvalue weighted by molar-refractivity contribution is 5.76. The van der Waals surface area contributed by atoms with Gasteiger partial charge in [0.15, 0.2) is 0 Å². The second-order valence-electron chi connectivity index (χ2n) is 5.34. The van der Waals surface area contributed by atoms with Crippen molar-refractivity contribution in [3.05, 3.63) is 29.8 Å². The first-order valence-corrected chi connectivity index (χ1v) is 7.14. The molecule has 1 N–H and O–H groups in total. The highest BCUT2D eigenvalue weighted by Gasteiger charge is 2.22. The second kappa shape index (κ2) is 7.90. The Bertz CT molecular complexity index is 415. The minimum atomic E-state index is -0.318. The number of ether oxygens (including phenoxy) is 1. The van der Waals surface area contributed by atoms with Crippen molar-refractivity contribution in [2.24, 2.45) is 0 Å². The lowest BCUT2D eigenvalue weighted by Crippen LogP contribution is -2.48. The predicted octanol–water partition coefficient (Wildman–Crippen LogP) is 2.36. The number of benzene rings is 1. The van der Waals surface area contributed by atoms with E-state index in [1.54, 1.807) is 0 Å². The Kier molecular flexibility index (Phi) is 6.52. The van der Waals surface area contributed by atoms with E-state index in [9.17, 15) is 4.79 Å². The molecular formula is C16H26N2O2. The monoisotopic (exact) mass is 278 g/mol. The van der Waals surface area contributed by atoms with Crippen LogP contribution >= 0.6 is 0 Å². The fourth-order valence-corrected chi connectivity index (χ4v) is 2.02. The van der Waals surface area contributed by atoms with Crippen LogP contribution in [-0.2, 0) is 9.53 Å². The van der Waals surface area contributed by atoms with Gasteiger partial charge in [-0.1, -0.05) is 31.5 Å². The molecule has 0 bridgehead atoms. The number of hydrogen-bond acceptors (Lipinski definition) is 4. The molecule has 0 saturated heterocycles. The van der Waals surface area contributed by atoms with E-state index in [4.69, 9.17) is 4.74 Å². The van der Waals surface area contributed by atoms with Gasteiger partial charge >= 0.3 is 5.97 Å². The zero-order chi connectivity index (χ0) is 15.1. The molecular weight excluding hydrogens is 252 g/mol. The number of aryl methyl sites for hydroxylation is 1. The molecule has 0 spiro atoms. The van der Waals surface area contributed by atoms with Gasteiger partial charge in [0.25, 0.3) is 0 Å². The van der Waals surface area contributed by atoms with Gasteiger partial charge in [-0.25, -0.2) is 0 Å². The van der Waals surface area contributed by atoms with Crippen LogP contribution in [0, 0.1) is 6.92 Å². The quantitative estimate of drug-likeness (QED) is 0.777. The molecule has 0 saturated carbocycles. The van der Waals surface area contributed by atoms with Gasteiger partial charge in [0, 0.05) is 25.3 Å². The zero-order valence-corrected chi connectivity index (χ0v) is 13.1. The van der Waals surface area contributed by atoms with E-state index >= 15 is 0 Å². The third-order valence-corrected chi connectivity index (χ3v) is 3.04. The molecule has 1 atom stereocenters. The van der Waals surface area contributed by atoms with Gasteiger partial charge in [0.1, 0.15) is 6.04 Å². The number of hydrogen-bond donors (Lipinski definition) is 1. The van der Waals surface area contributed by atoms with E-state index < -0.39 is 0 Å². The van der Waals surface area contributed by atoms with Crippen LogP contribution in [0.5, 0.6) is 0 Å². The molecule has 0 radical (unpaired) electrons. The summed E-state index contributed by atoms with van der Waals surface area (Å²) in [5.41, 5.74) is 2.32. The van der Waals surface area contributed by atoms with Crippen LogP contribution < -0.4 is 10.2 Å². The molecule has 0 amide bonds. The van der Waals surface area contributed by atoms with Crippen molar-refractivity contribution in [2.45, 2.75) is 39.8 Å². The summed E-state index contributed by atoms with van der Waals surface area (Å²) in [6.07, 6.45) is 0. The van der Waals surface area contributed by atoms with Crippen LogP contribution in [0.2, 0.25) is 0 Å². The number of nitrogens with zero attached hydrogens (tertiary/aromatic N) is 1. The number of likely N-dealkylation sites (N-methyl/N-ethyl adjacent to an activating group) is 1. The van der Waals surface area contributed by atoms with Gasteiger partial charge in [0.2, 0.25) is 0 Å². The van der Waals surface area contributed by atoms with Crippen molar-refractivity contribution >= 4 is 11.7 Å². The first-order valence-electron chi connectivity index (χ1n) is 7.14. The number of anilines is 1. The third-order valence-electron chi connectivity index (χ3n) is 3.04. The summed E-state index contributed by atoms with van der Waals surface area (Å²) in [6.45, 7) is 8.93. The molecule has 1 rings (SSSR count). The van der Waals surface area contributed by atoms with Gasteiger partial charge in [-0.2, -0.15) is 0 Å². The standard InChI is InChI=1S/C16H26N2O2/c1-6-20-16(19)15(17-12(2)3)11-18(5)14-9-7-13(4)8-10-14/h7-10,12,15,17H,6,11H2,1-5H3. The minimum absolute atomic E-state index is 0.194. The first-order chi connectivity index (χ1) is 9.43. The normalized spacial score (nSPS) is 12.3. The number of carbonyl (C=O) groups is 1. The van der Waals surface area contributed by atoms with Crippen molar-refractivity contribution < 1.29 is 9.53 Å². The van der Waals surface area contributed by atoms with E-state index in [-0.39, 0.29) is 18.1 Å². The van der Waals surface area contributed by atoms with Crippen LogP contribution in [0.25, 0.3) is 0 Å². The van der Waals surface area contributed by atoms with E-state index in [0.717, 1.165) is 5.69 Å². The lowest BCUT2D eigenvalue weighted by Gasteiger charge is -2.26. The Morgan fingerprint density at radius 2 is 1.90 bits per heavy atom. The third kappa shape index (κ3) is 5.21. The van der Waals surface area contributed by atoms with Gasteiger partial charge in [-0.15, -0.1) is 0 Å². The van der Waals surface area contributed by atoms with Crippen LogP contribution in [-0.4, -0.2) is 38.3 Å². The maximum Gasteiger partial charge on any atom is 0.324 e. The molecule has 1 aromatic rings. The van der Waals surface area contributed by atoms with Gasteiger partial charge in [-0.3, -0.25) is 4.79 Å². The van der Waals surface area contributed by atoms with Gasteiger partial charge in [-0.05, 0) is 26.0 Å². The molecule has 112 valence electrons. The summed E-state index contributed by atoms with van der Waals surface area (Å²) in [5, 5.41) is 3.26. The summed E-state index contributed by atoms with van der Waals surface area (Å²) >= 11 is 0. The van der Waals surface area contributed by atoms with Crippen molar-refractivity contribution in [2.75, 3.05) is 25.1 Å². The summed E-state index contributed by atoms with van der Waals surface area (Å²) in [4.78, 5) is 14.1. The number of nitrogens with one attached hydrogen (secondary N) is 1. The topological polar surface area (TPSA) is 41.6 Å². The largest absolute Gasteiger partial charge is 0.465 e. The second-order valence-corrected chi connectivity index (χ2v) is 5.34. The van der Waals surface area contributed by atoms with Crippen LogP contribution in [0.3, 0.4) is 0 Å². The molecule has 1 unspecified atom stereocenters. The summed E-state index contributed by atoms with van der Waals surface area (Å²) in [6, 6.07) is 8.18. The Labute approximate surface area is 122 Å². The van der Waals surface area contributed by atoms with Gasteiger partial charge < -0.3 is 15.0 Å². The van der Waals surface area contributed by atoms with Crippen molar-refractivity contribution in [3.8, 4) is 0 Å². The highest BCUT2D eigenvalue weighted by atomic mass is 16.5. The van der Waals surface area contributed by atoms with E-state index in [0.29, 0.717) is 13.2 Å². The fourth-order valence-electron chi connectivity index (χ4n) is 2.02. The molecule has 1 aromatic carbocycles. The van der Waals surface area contributed by atoms with Crippen LogP contribution in [0.4, 0.5) is 5.69 Å². The Morgan fingerprint density at radius 1 is 1.30 bits per heavy atom. The minimum Gasteiger partial charge on any atom is -0.465 e. The summed E-state index contributed by atoms with van der Waals surface area (Å²) in [7, 11) is 1.99. The number of rotatable bonds is 7. The lowest BCUT2D eigenvalue weighted by atomic mass is 10.2. The molecule has 0 aliphatic heterocycles. The molecule has 20 heavy (non-hydrogen) atoms. The molecule has 0 heterocycles. The Morgan fingerprint density at radius 3 is 2.40 bits per heavy atom. The smallest absolute Gasteiger partial charge is 0.324 e. The zero-order valence-electron chi connectivity index (χ0n) is 13.1. The average molecular weight is 278 g/mol. The van der Waals surface area contributed by atoms with Crippen LogP contribution in [0.1, 0.15) is 26.3 Å². The molecule has 0 aliphatic rings. The summed E-state index contributed by atoms with van der Waals surface area (Å²) < 4.78 is 5.13. The SMILES string of the molecule is CCOC(=O)C(CN(C)c1ccc(C)cc1)NC(C)C.